The van der Waals surface area contributed by atoms with E-state index in [0.29, 0.717) is 23.7 Å². The molecule has 1 aromatic heterocycles. The summed E-state index contributed by atoms with van der Waals surface area (Å²) in [5, 5.41) is 16.5. The summed E-state index contributed by atoms with van der Waals surface area (Å²) in [5.41, 5.74) is 2.08. The minimum atomic E-state index is -0.472. The van der Waals surface area contributed by atoms with Gasteiger partial charge in [0.15, 0.2) is 0 Å². The highest BCUT2D eigenvalue weighted by Crippen LogP contribution is 2.30. The number of thioether (sulfide) groups is 1. The van der Waals surface area contributed by atoms with Crippen molar-refractivity contribution >= 4 is 28.8 Å². The third-order valence-electron chi connectivity index (χ3n) is 5.90. The molecule has 0 bridgehead atoms. The molecule has 0 atom stereocenters. The van der Waals surface area contributed by atoms with Gasteiger partial charge in [-0.15, -0.1) is 0 Å². The molecule has 0 unspecified atom stereocenters. The van der Waals surface area contributed by atoms with Gasteiger partial charge in [0, 0.05) is 55.5 Å². The van der Waals surface area contributed by atoms with Crippen LogP contribution in [0.4, 0.5) is 17.1 Å². The topological polar surface area (TPSA) is 93.7 Å². The largest absolute Gasteiger partial charge is 0.497 e. The highest BCUT2D eigenvalue weighted by molar-refractivity contribution is 7.99. The number of methoxy groups -OCH3 is 1. The van der Waals surface area contributed by atoms with Crippen LogP contribution in [-0.2, 0) is 0 Å². The molecule has 9 nitrogen and oxygen atoms in total. The van der Waals surface area contributed by atoms with Gasteiger partial charge in [-0.2, -0.15) is 21.5 Å². The number of nitro benzene ring substituents is 1. The van der Waals surface area contributed by atoms with Crippen molar-refractivity contribution < 1.29 is 9.66 Å². The lowest BCUT2D eigenvalue weighted by molar-refractivity contribution is -0.384. The molecule has 10 heteroatoms. The summed E-state index contributed by atoms with van der Waals surface area (Å²) in [7, 11) is 3.39. The van der Waals surface area contributed by atoms with E-state index < -0.39 is 10.5 Å². The minimum absolute atomic E-state index is 0.154. The van der Waals surface area contributed by atoms with E-state index in [4.69, 9.17) is 4.74 Å². The Bertz CT molecular complexity index is 1260. The van der Waals surface area contributed by atoms with Crippen LogP contribution in [0.25, 0.3) is 16.9 Å². The van der Waals surface area contributed by atoms with Crippen molar-refractivity contribution in [2.45, 2.75) is 6.92 Å². The predicted molar refractivity (Wildman–Crippen MR) is 137 cm³/mol. The molecule has 2 heterocycles. The molecule has 1 saturated heterocycles. The molecule has 178 valence electrons. The highest BCUT2D eigenvalue weighted by Gasteiger charge is 2.23. The maximum absolute atomic E-state index is 13.5. The number of benzene rings is 2. The lowest BCUT2D eigenvalue weighted by Gasteiger charge is -2.28. The molecule has 0 N–H and O–H groups in total. The Morgan fingerprint density at radius 3 is 2.62 bits per heavy atom. The van der Waals surface area contributed by atoms with Crippen LogP contribution in [0.1, 0.15) is 6.92 Å². The van der Waals surface area contributed by atoms with E-state index in [1.54, 1.807) is 25.3 Å². The second kappa shape index (κ2) is 10.2. The van der Waals surface area contributed by atoms with Gasteiger partial charge < -0.3 is 14.5 Å². The molecule has 0 amide bonds. The Hall–Kier alpha value is -3.53. The summed E-state index contributed by atoms with van der Waals surface area (Å²) in [6.45, 7) is 4.22. The van der Waals surface area contributed by atoms with Crippen molar-refractivity contribution in [1.29, 1.82) is 0 Å². The number of hydrogen-bond donors (Lipinski definition) is 0. The number of aromatic nitrogens is 2. The average Bonchev–Trinajstić information content (AvgIpc) is 2.88. The normalized spacial score (nSPS) is 13.6. The van der Waals surface area contributed by atoms with E-state index in [0.717, 1.165) is 40.5 Å². The van der Waals surface area contributed by atoms with Crippen LogP contribution in [0.5, 0.6) is 5.75 Å². The van der Waals surface area contributed by atoms with Gasteiger partial charge in [-0.25, -0.2) is 0 Å². The van der Waals surface area contributed by atoms with Crippen molar-refractivity contribution in [2.75, 3.05) is 55.1 Å². The van der Waals surface area contributed by atoms with E-state index in [9.17, 15) is 14.9 Å². The number of hydrogen-bond acceptors (Lipinski definition) is 8. The maximum atomic E-state index is 13.5. The fourth-order valence-corrected chi connectivity index (χ4v) is 4.77. The van der Waals surface area contributed by atoms with Crippen LogP contribution < -0.4 is 20.1 Å². The molecule has 1 aliphatic heterocycles. The first-order valence-corrected chi connectivity index (χ1v) is 12.2. The number of nitrogens with zero attached hydrogens (tertiary/aromatic N) is 5. The second-order valence-corrected chi connectivity index (χ2v) is 9.13. The van der Waals surface area contributed by atoms with Gasteiger partial charge in [0.1, 0.15) is 17.1 Å². The fourth-order valence-electron chi connectivity index (χ4n) is 3.87. The van der Waals surface area contributed by atoms with Crippen molar-refractivity contribution in [3.05, 3.63) is 69.0 Å². The smallest absolute Gasteiger partial charge is 0.295 e. The first-order chi connectivity index (χ1) is 16.4. The Morgan fingerprint density at radius 1 is 1.18 bits per heavy atom. The second-order valence-electron chi connectivity index (χ2n) is 7.91. The van der Waals surface area contributed by atoms with Gasteiger partial charge in [-0.3, -0.25) is 14.9 Å². The summed E-state index contributed by atoms with van der Waals surface area (Å²) in [4.78, 5) is 29.0. The molecular weight excluding hydrogens is 454 g/mol. The van der Waals surface area contributed by atoms with Gasteiger partial charge in [0.25, 0.3) is 11.2 Å². The van der Waals surface area contributed by atoms with Crippen LogP contribution in [0, 0.1) is 10.1 Å². The maximum Gasteiger partial charge on any atom is 0.295 e. The van der Waals surface area contributed by atoms with E-state index >= 15 is 0 Å². The molecule has 1 aliphatic rings. The van der Waals surface area contributed by atoms with Crippen LogP contribution in [0.3, 0.4) is 0 Å². The molecular formula is C24H27N5O4S. The molecule has 34 heavy (non-hydrogen) atoms. The molecule has 0 spiro atoms. The summed E-state index contributed by atoms with van der Waals surface area (Å²) in [6.07, 6.45) is 0. The lowest BCUT2D eigenvalue weighted by Crippen LogP contribution is -2.33. The Kier molecular flexibility index (Phi) is 7.06. The SMILES string of the molecule is CCN(C)c1cc(-c2cccc(OC)c2)nn(-c2cc(N3CCSCC3)ccc2[N+](=O)[O-])c1=O. The third-order valence-corrected chi connectivity index (χ3v) is 6.85. The van der Waals surface area contributed by atoms with Gasteiger partial charge in [0.05, 0.1) is 17.7 Å². The number of anilines is 2. The molecule has 2 aromatic carbocycles. The van der Waals surface area contributed by atoms with Crippen molar-refractivity contribution in [2.24, 2.45) is 0 Å². The van der Waals surface area contributed by atoms with Crippen molar-refractivity contribution in [3.8, 4) is 22.7 Å². The number of ether oxygens (including phenoxy) is 1. The molecule has 4 rings (SSSR count). The Labute approximate surface area is 202 Å². The molecule has 0 aliphatic carbocycles. The van der Waals surface area contributed by atoms with E-state index in [-0.39, 0.29) is 11.4 Å². The molecule has 0 radical (unpaired) electrons. The quantitative estimate of drug-likeness (QED) is 0.371. The lowest BCUT2D eigenvalue weighted by atomic mass is 10.1. The standard InChI is InChI=1S/C24H27N5O4S/c1-4-26(2)23-16-20(17-6-5-7-19(14-17)33-3)25-28(24(23)30)22-15-18(8-9-21(22)29(31)32)27-10-12-34-13-11-27/h5-9,14-16H,4,10-13H2,1-3H3. The average molecular weight is 482 g/mol. The zero-order chi connectivity index (χ0) is 24.2. The monoisotopic (exact) mass is 481 g/mol. The summed E-state index contributed by atoms with van der Waals surface area (Å²) < 4.78 is 6.51. The number of nitro groups is 1. The molecule has 1 fully saturated rings. The number of rotatable bonds is 7. The Morgan fingerprint density at radius 2 is 1.94 bits per heavy atom. The summed E-state index contributed by atoms with van der Waals surface area (Å²) >= 11 is 1.88. The first kappa shape index (κ1) is 23.6. The van der Waals surface area contributed by atoms with Gasteiger partial charge in [-0.05, 0) is 37.3 Å². The zero-order valence-corrected chi connectivity index (χ0v) is 20.2. The Balaban J connectivity index is 1.95. The van der Waals surface area contributed by atoms with Crippen LogP contribution >= 0.6 is 11.8 Å². The van der Waals surface area contributed by atoms with Gasteiger partial charge in [0.2, 0.25) is 0 Å². The van der Waals surface area contributed by atoms with Gasteiger partial charge in [-0.1, -0.05) is 12.1 Å². The van der Waals surface area contributed by atoms with E-state index in [1.807, 2.05) is 54.9 Å². The van der Waals surface area contributed by atoms with Crippen molar-refractivity contribution in [1.82, 2.24) is 9.78 Å². The highest BCUT2D eigenvalue weighted by atomic mass is 32.2. The fraction of sp³-hybridized carbons (Fsp3) is 0.333. The van der Waals surface area contributed by atoms with Crippen LogP contribution in [0.2, 0.25) is 0 Å². The van der Waals surface area contributed by atoms with E-state index in [2.05, 4.69) is 10.00 Å². The first-order valence-electron chi connectivity index (χ1n) is 11.0. The summed E-state index contributed by atoms with van der Waals surface area (Å²) in [5.74, 6) is 2.63. The van der Waals surface area contributed by atoms with Crippen LogP contribution in [0.15, 0.2) is 53.3 Å². The zero-order valence-electron chi connectivity index (χ0n) is 19.4. The summed E-state index contributed by atoms with van der Waals surface area (Å²) in [6, 6.07) is 14.0. The van der Waals surface area contributed by atoms with Crippen LogP contribution in [-0.4, -0.2) is 60.0 Å². The minimum Gasteiger partial charge on any atom is -0.497 e. The van der Waals surface area contributed by atoms with Gasteiger partial charge >= 0.3 is 0 Å². The van der Waals surface area contributed by atoms with E-state index in [1.165, 1.54) is 6.07 Å². The molecule has 0 saturated carbocycles. The predicted octanol–water partition coefficient (Wildman–Crippen LogP) is 3.83. The third kappa shape index (κ3) is 4.72. The molecule has 3 aromatic rings. The van der Waals surface area contributed by atoms with Crippen molar-refractivity contribution in [3.63, 3.8) is 0 Å².